The first-order chi connectivity index (χ1) is 14.4. The lowest BCUT2D eigenvalue weighted by Crippen LogP contribution is -2.21. The van der Waals surface area contributed by atoms with Crippen LogP contribution < -0.4 is 5.32 Å². The molecular formula is C21H21N5O3S. The van der Waals surface area contributed by atoms with Crippen molar-refractivity contribution < 1.29 is 13.2 Å². The Bertz CT molecular complexity index is 1290. The van der Waals surface area contributed by atoms with Crippen molar-refractivity contribution in [2.75, 3.05) is 11.6 Å². The first-order valence-electron chi connectivity index (χ1n) is 9.34. The molecule has 0 fully saturated rings. The standard InChI is InChI=1S/C21H21N5O3S/c1-30(28,29)14-20-24-18-7-2-3-8-19(18)26(20)13-21(27)23-17-6-4-5-16(11-17)12-25-10-9-22-15-25/h2-11,15H,12-14H2,1H3,(H,23,27). The number of nitrogens with one attached hydrogen (secondary N) is 1. The average Bonchev–Trinajstić information content (AvgIpc) is 3.29. The summed E-state index contributed by atoms with van der Waals surface area (Å²) >= 11 is 0. The zero-order chi connectivity index (χ0) is 21.1. The Hall–Kier alpha value is -3.46. The topological polar surface area (TPSA) is 98.9 Å². The molecule has 30 heavy (non-hydrogen) atoms. The minimum atomic E-state index is -3.30. The van der Waals surface area contributed by atoms with Crippen LogP contribution in [0.25, 0.3) is 11.0 Å². The van der Waals surface area contributed by atoms with Crippen molar-refractivity contribution in [1.82, 2.24) is 19.1 Å². The molecule has 1 amide bonds. The summed E-state index contributed by atoms with van der Waals surface area (Å²) in [6, 6.07) is 14.9. The fraction of sp³-hybridized carbons (Fsp3) is 0.190. The number of carbonyl (C=O) groups excluding carboxylic acids is 1. The third-order valence-corrected chi connectivity index (χ3v) is 5.34. The van der Waals surface area contributed by atoms with Crippen molar-refractivity contribution >= 4 is 32.5 Å². The first kappa shape index (κ1) is 19.8. The number of imidazole rings is 2. The van der Waals surface area contributed by atoms with E-state index in [0.717, 1.165) is 17.3 Å². The molecule has 0 bridgehead atoms. The molecule has 9 heteroatoms. The highest BCUT2D eigenvalue weighted by Crippen LogP contribution is 2.18. The second-order valence-electron chi connectivity index (χ2n) is 7.16. The van der Waals surface area contributed by atoms with Crippen molar-refractivity contribution in [3.8, 4) is 0 Å². The minimum absolute atomic E-state index is 0.0306. The van der Waals surface area contributed by atoms with Gasteiger partial charge in [-0.3, -0.25) is 4.79 Å². The molecule has 2 aromatic heterocycles. The Kier molecular flexibility index (Phi) is 5.37. The Labute approximate surface area is 174 Å². The van der Waals surface area contributed by atoms with Crippen molar-refractivity contribution in [2.24, 2.45) is 0 Å². The summed E-state index contributed by atoms with van der Waals surface area (Å²) in [4.78, 5) is 21.2. The second-order valence-corrected chi connectivity index (χ2v) is 9.30. The molecule has 0 atom stereocenters. The van der Waals surface area contributed by atoms with Crippen molar-refractivity contribution in [3.05, 3.63) is 78.6 Å². The summed E-state index contributed by atoms with van der Waals surface area (Å²) < 4.78 is 27.2. The lowest BCUT2D eigenvalue weighted by atomic mass is 10.2. The molecular weight excluding hydrogens is 402 g/mol. The summed E-state index contributed by atoms with van der Waals surface area (Å²) in [7, 11) is -3.30. The molecule has 4 rings (SSSR count). The van der Waals surface area contributed by atoms with Crippen LogP contribution in [-0.4, -0.2) is 39.7 Å². The number of anilines is 1. The van der Waals surface area contributed by atoms with Gasteiger partial charge in [-0.05, 0) is 29.8 Å². The largest absolute Gasteiger partial charge is 0.333 e. The van der Waals surface area contributed by atoms with E-state index < -0.39 is 9.84 Å². The van der Waals surface area contributed by atoms with Crippen LogP contribution in [0.2, 0.25) is 0 Å². The maximum Gasteiger partial charge on any atom is 0.244 e. The van der Waals surface area contributed by atoms with Crippen LogP contribution in [-0.2, 0) is 33.5 Å². The monoisotopic (exact) mass is 423 g/mol. The van der Waals surface area contributed by atoms with E-state index in [4.69, 9.17) is 0 Å². The first-order valence-corrected chi connectivity index (χ1v) is 11.4. The van der Waals surface area contributed by atoms with Gasteiger partial charge in [-0.25, -0.2) is 18.4 Å². The third-order valence-electron chi connectivity index (χ3n) is 4.56. The number of sulfone groups is 1. The molecule has 0 unspecified atom stereocenters. The van der Waals surface area contributed by atoms with Gasteiger partial charge in [0.15, 0.2) is 9.84 Å². The number of para-hydroxylation sites is 2. The zero-order valence-corrected chi connectivity index (χ0v) is 17.2. The van der Waals surface area contributed by atoms with Crippen LogP contribution in [0, 0.1) is 0 Å². The summed E-state index contributed by atoms with van der Waals surface area (Å²) in [6.45, 7) is 0.617. The Balaban J connectivity index is 1.54. The van der Waals surface area contributed by atoms with E-state index in [0.29, 0.717) is 23.6 Å². The average molecular weight is 423 g/mol. The van der Waals surface area contributed by atoms with E-state index >= 15 is 0 Å². The number of hydrogen-bond acceptors (Lipinski definition) is 5. The number of hydrogen-bond donors (Lipinski definition) is 1. The van der Waals surface area contributed by atoms with Gasteiger partial charge in [0.25, 0.3) is 0 Å². The Morgan fingerprint density at radius 3 is 2.73 bits per heavy atom. The van der Waals surface area contributed by atoms with Crippen LogP contribution in [0.1, 0.15) is 11.4 Å². The number of benzene rings is 2. The Morgan fingerprint density at radius 2 is 1.97 bits per heavy atom. The predicted octanol–water partition coefficient (Wildman–Crippen LogP) is 2.46. The summed E-state index contributed by atoms with van der Waals surface area (Å²) in [5, 5.41) is 2.89. The summed E-state index contributed by atoms with van der Waals surface area (Å²) in [5.74, 6) is -0.134. The highest BCUT2D eigenvalue weighted by molar-refractivity contribution is 7.89. The molecule has 8 nitrogen and oxygen atoms in total. The minimum Gasteiger partial charge on any atom is -0.333 e. The van der Waals surface area contributed by atoms with E-state index in [9.17, 15) is 13.2 Å². The van der Waals surface area contributed by atoms with Gasteiger partial charge in [0, 0.05) is 30.9 Å². The molecule has 0 aliphatic heterocycles. The number of rotatable bonds is 7. The number of nitrogens with zero attached hydrogens (tertiary/aromatic N) is 4. The van der Waals surface area contributed by atoms with Gasteiger partial charge in [-0.2, -0.15) is 0 Å². The van der Waals surface area contributed by atoms with Gasteiger partial charge < -0.3 is 14.5 Å². The molecule has 154 valence electrons. The lowest BCUT2D eigenvalue weighted by molar-refractivity contribution is -0.116. The molecule has 0 saturated carbocycles. The Morgan fingerprint density at radius 1 is 1.13 bits per heavy atom. The maximum absolute atomic E-state index is 12.7. The number of aromatic nitrogens is 4. The molecule has 1 N–H and O–H groups in total. The smallest absolute Gasteiger partial charge is 0.244 e. The van der Waals surface area contributed by atoms with Crippen LogP contribution >= 0.6 is 0 Å². The normalized spacial score (nSPS) is 11.6. The predicted molar refractivity (Wildman–Crippen MR) is 115 cm³/mol. The van der Waals surface area contributed by atoms with Crippen LogP contribution in [0.3, 0.4) is 0 Å². The van der Waals surface area contributed by atoms with Crippen molar-refractivity contribution in [3.63, 3.8) is 0 Å². The molecule has 0 aliphatic rings. The van der Waals surface area contributed by atoms with E-state index in [1.807, 2.05) is 53.2 Å². The quantitative estimate of drug-likeness (QED) is 0.492. The number of carbonyl (C=O) groups is 1. The number of fused-ring (bicyclic) bond motifs is 1. The highest BCUT2D eigenvalue weighted by Gasteiger charge is 2.17. The van der Waals surface area contributed by atoms with E-state index in [-0.39, 0.29) is 18.2 Å². The highest BCUT2D eigenvalue weighted by atomic mass is 32.2. The molecule has 0 spiro atoms. The van der Waals surface area contributed by atoms with Gasteiger partial charge >= 0.3 is 0 Å². The third kappa shape index (κ3) is 4.74. The molecule has 0 radical (unpaired) electrons. The van der Waals surface area contributed by atoms with Crippen molar-refractivity contribution in [2.45, 2.75) is 18.8 Å². The fourth-order valence-corrected chi connectivity index (χ4v) is 4.02. The van der Waals surface area contributed by atoms with Gasteiger partial charge in [0.2, 0.25) is 5.91 Å². The van der Waals surface area contributed by atoms with E-state index in [2.05, 4.69) is 15.3 Å². The summed E-state index contributed by atoms with van der Waals surface area (Å²) in [6.07, 6.45) is 6.48. The fourth-order valence-electron chi connectivity index (χ4n) is 3.33. The maximum atomic E-state index is 12.7. The molecule has 4 aromatic rings. The van der Waals surface area contributed by atoms with Crippen molar-refractivity contribution in [1.29, 1.82) is 0 Å². The van der Waals surface area contributed by atoms with Gasteiger partial charge in [0.1, 0.15) is 18.1 Å². The molecule has 2 aromatic carbocycles. The SMILES string of the molecule is CS(=O)(=O)Cc1nc2ccccc2n1CC(=O)Nc1cccc(Cn2ccnc2)c1. The molecule has 0 saturated heterocycles. The second kappa shape index (κ2) is 8.11. The zero-order valence-electron chi connectivity index (χ0n) is 16.4. The molecule has 2 heterocycles. The van der Waals surface area contributed by atoms with Crippen LogP contribution in [0.4, 0.5) is 5.69 Å². The lowest BCUT2D eigenvalue weighted by Gasteiger charge is -2.11. The van der Waals surface area contributed by atoms with Crippen LogP contribution in [0.15, 0.2) is 67.3 Å². The van der Waals surface area contributed by atoms with Crippen LogP contribution in [0.5, 0.6) is 0 Å². The number of amides is 1. The summed E-state index contributed by atoms with van der Waals surface area (Å²) in [5.41, 5.74) is 3.08. The van der Waals surface area contributed by atoms with Gasteiger partial charge in [-0.1, -0.05) is 24.3 Å². The van der Waals surface area contributed by atoms with Gasteiger partial charge in [-0.15, -0.1) is 0 Å². The molecule has 0 aliphatic carbocycles. The van der Waals surface area contributed by atoms with E-state index in [1.165, 1.54) is 0 Å². The van der Waals surface area contributed by atoms with Gasteiger partial charge in [0.05, 0.1) is 17.4 Å². The van der Waals surface area contributed by atoms with E-state index in [1.54, 1.807) is 23.2 Å².